The average molecular weight is 626 g/mol. The Labute approximate surface area is 253 Å². The van der Waals surface area contributed by atoms with E-state index in [-0.39, 0.29) is 48.6 Å². The largest absolute Gasteiger partial charge is 0.490 e. The number of hydrogen-bond acceptors (Lipinski definition) is 7. The normalized spacial score (nSPS) is 12.0. The monoisotopic (exact) mass is 624 g/mol. The molecule has 4 N–H and O–H groups in total. The second kappa shape index (κ2) is 16.7. The zero-order valence-corrected chi connectivity index (χ0v) is 25.6. The summed E-state index contributed by atoms with van der Waals surface area (Å²) < 4.78 is 32.2. The molecule has 0 bridgehead atoms. The smallest absolute Gasteiger partial charge is 0.268 e. The van der Waals surface area contributed by atoms with Crippen molar-refractivity contribution in [3.05, 3.63) is 88.4 Å². The van der Waals surface area contributed by atoms with Gasteiger partial charge in [-0.15, -0.1) is 12.4 Å². The van der Waals surface area contributed by atoms with Gasteiger partial charge in [0.25, 0.3) is 5.91 Å². The number of nitrogens with one attached hydrogen (secondary N) is 2. The molecule has 3 aromatic rings. The molecule has 0 heterocycles. The van der Waals surface area contributed by atoms with E-state index >= 15 is 0 Å². The third-order valence-electron chi connectivity index (χ3n) is 6.09. The maximum Gasteiger partial charge on any atom is 0.268 e. The van der Waals surface area contributed by atoms with E-state index in [1.54, 1.807) is 30.3 Å². The van der Waals surface area contributed by atoms with Gasteiger partial charge in [0.1, 0.15) is 5.75 Å². The lowest BCUT2D eigenvalue weighted by atomic mass is 10.00. The molecule has 0 saturated heterocycles. The summed E-state index contributed by atoms with van der Waals surface area (Å²) in [5.74, 6) is -0.831. The molecule has 224 valence electrons. The third-order valence-corrected chi connectivity index (χ3v) is 7.64. The summed E-state index contributed by atoms with van der Waals surface area (Å²) in [5, 5.41) is 23.1. The van der Waals surface area contributed by atoms with E-state index in [1.165, 1.54) is 5.56 Å². The predicted molar refractivity (Wildman–Crippen MR) is 165 cm³/mol. The minimum atomic E-state index is -3.87. The van der Waals surface area contributed by atoms with Crippen LogP contribution in [0.4, 0.5) is 0 Å². The maximum absolute atomic E-state index is 12.7. The molecule has 0 saturated carbocycles. The van der Waals surface area contributed by atoms with Crippen molar-refractivity contribution in [2.24, 2.45) is 0 Å². The SMILES string of the molecule is CC(C)Oc1cc(-c2ccc(CCCNC[C@H](O)c3cccc(Cl)c3)cc2)ccc1C(=O)NS(=O)(=O)CCCO.Cl. The Kier molecular flexibility index (Phi) is 14.1. The number of aliphatic hydroxyl groups excluding tert-OH is 2. The fraction of sp³-hybridized carbons (Fsp3) is 0.367. The van der Waals surface area contributed by atoms with Crippen molar-refractivity contribution in [2.75, 3.05) is 25.4 Å². The van der Waals surface area contributed by atoms with Gasteiger partial charge in [-0.05, 0) is 86.2 Å². The molecule has 0 spiro atoms. The van der Waals surface area contributed by atoms with E-state index in [0.29, 0.717) is 11.6 Å². The van der Waals surface area contributed by atoms with E-state index in [0.717, 1.165) is 36.1 Å². The number of carbonyl (C=O) groups is 1. The number of aliphatic hydroxyl groups is 2. The summed E-state index contributed by atoms with van der Waals surface area (Å²) in [6.07, 6.45) is 0.966. The quantitative estimate of drug-likeness (QED) is 0.177. The molecule has 1 atom stereocenters. The van der Waals surface area contributed by atoms with Gasteiger partial charge in [-0.2, -0.15) is 0 Å². The first kappa shape index (κ1) is 34.5. The molecule has 1 amide bonds. The molecule has 8 nitrogen and oxygen atoms in total. The standard InChI is InChI=1S/C30H37ClN2O6S.ClH/c1-21(2)39-29-19-24(13-14-27(29)30(36)33-40(37,38)17-5-16-34)23-11-9-22(10-12-23)6-4-15-32-20-28(35)25-7-3-8-26(31)18-25;/h3,7-14,18-19,21,28,32,34-35H,4-6,15-17,20H2,1-2H3,(H,33,36);1H/t28-;/m0./s1. The van der Waals surface area contributed by atoms with Crippen LogP contribution in [0.2, 0.25) is 5.02 Å². The van der Waals surface area contributed by atoms with Crippen LogP contribution >= 0.6 is 24.0 Å². The zero-order chi connectivity index (χ0) is 29.1. The Morgan fingerprint density at radius 2 is 1.71 bits per heavy atom. The van der Waals surface area contributed by atoms with E-state index in [2.05, 4.69) is 10.0 Å². The Morgan fingerprint density at radius 3 is 2.37 bits per heavy atom. The summed E-state index contributed by atoms with van der Waals surface area (Å²) in [7, 11) is -3.87. The lowest BCUT2D eigenvalue weighted by Crippen LogP contribution is -2.33. The fourth-order valence-electron chi connectivity index (χ4n) is 4.09. The van der Waals surface area contributed by atoms with Gasteiger partial charge >= 0.3 is 0 Å². The van der Waals surface area contributed by atoms with Crippen LogP contribution in [-0.2, 0) is 16.4 Å². The topological polar surface area (TPSA) is 125 Å². The molecule has 0 aliphatic heterocycles. The van der Waals surface area contributed by atoms with Crippen LogP contribution in [-0.4, -0.2) is 56.1 Å². The lowest BCUT2D eigenvalue weighted by molar-refractivity contribution is 0.0975. The average Bonchev–Trinajstić information content (AvgIpc) is 2.91. The van der Waals surface area contributed by atoms with Gasteiger partial charge in [0.15, 0.2) is 0 Å². The highest BCUT2D eigenvalue weighted by Gasteiger charge is 2.20. The zero-order valence-electron chi connectivity index (χ0n) is 23.2. The van der Waals surface area contributed by atoms with E-state index in [4.69, 9.17) is 21.4 Å². The first-order valence-corrected chi connectivity index (χ1v) is 15.3. The molecule has 3 aromatic carbocycles. The molecular weight excluding hydrogens is 587 g/mol. The molecule has 0 unspecified atom stereocenters. The molecule has 11 heteroatoms. The first-order chi connectivity index (χ1) is 19.1. The van der Waals surface area contributed by atoms with Crippen LogP contribution in [0.5, 0.6) is 5.75 Å². The Hall–Kier alpha value is -2.66. The second-order valence-electron chi connectivity index (χ2n) is 9.78. The van der Waals surface area contributed by atoms with Crippen molar-refractivity contribution < 1.29 is 28.2 Å². The lowest BCUT2D eigenvalue weighted by Gasteiger charge is -2.16. The number of aryl methyl sites for hydroxylation is 1. The molecule has 0 fully saturated rings. The van der Waals surface area contributed by atoms with Crippen molar-refractivity contribution in [2.45, 2.75) is 45.3 Å². The number of sulfonamides is 1. The Bertz CT molecular complexity index is 1370. The molecular formula is C30H38Cl2N2O6S. The molecule has 0 aliphatic carbocycles. The summed E-state index contributed by atoms with van der Waals surface area (Å²) >= 11 is 5.99. The summed E-state index contributed by atoms with van der Waals surface area (Å²) in [4.78, 5) is 12.7. The summed E-state index contributed by atoms with van der Waals surface area (Å²) in [6, 6.07) is 20.4. The fourth-order valence-corrected chi connectivity index (χ4v) is 5.30. The van der Waals surface area contributed by atoms with Gasteiger partial charge in [-0.3, -0.25) is 4.79 Å². The molecule has 0 radical (unpaired) electrons. The highest BCUT2D eigenvalue weighted by molar-refractivity contribution is 7.90. The van der Waals surface area contributed by atoms with Crippen LogP contribution in [0.25, 0.3) is 11.1 Å². The van der Waals surface area contributed by atoms with Crippen LogP contribution in [0.1, 0.15) is 54.3 Å². The van der Waals surface area contributed by atoms with E-state index in [9.17, 15) is 18.3 Å². The highest BCUT2D eigenvalue weighted by atomic mass is 35.5. The number of benzene rings is 3. The summed E-state index contributed by atoms with van der Waals surface area (Å²) in [5.41, 5.74) is 3.84. The number of halogens is 2. The van der Waals surface area contributed by atoms with Crippen molar-refractivity contribution in [3.8, 4) is 16.9 Å². The van der Waals surface area contributed by atoms with Gasteiger partial charge in [0.2, 0.25) is 10.0 Å². The molecule has 0 aromatic heterocycles. The second-order valence-corrected chi connectivity index (χ2v) is 12.1. The van der Waals surface area contributed by atoms with Crippen molar-refractivity contribution in [1.82, 2.24) is 10.0 Å². The molecule has 41 heavy (non-hydrogen) atoms. The maximum atomic E-state index is 12.7. The summed E-state index contributed by atoms with van der Waals surface area (Å²) in [6.45, 7) is 4.58. The first-order valence-electron chi connectivity index (χ1n) is 13.3. The number of hydrogen-bond donors (Lipinski definition) is 4. The van der Waals surface area contributed by atoms with Gasteiger partial charge in [0, 0.05) is 18.2 Å². The predicted octanol–water partition coefficient (Wildman–Crippen LogP) is 4.91. The highest BCUT2D eigenvalue weighted by Crippen LogP contribution is 2.29. The number of rotatable bonds is 15. The van der Waals surface area contributed by atoms with E-state index < -0.39 is 22.0 Å². The Balaban J connectivity index is 0.00000588. The van der Waals surface area contributed by atoms with Gasteiger partial charge in [-0.1, -0.05) is 54.1 Å². The van der Waals surface area contributed by atoms with Gasteiger partial charge in [-0.25, -0.2) is 13.1 Å². The number of ether oxygens (including phenoxy) is 1. The van der Waals surface area contributed by atoms with Crippen LogP contribution in [0, 0.1) is 0 Å². The van der Waals surface area contributed by atoms with Gasteiger partial charge in [0.05, 0.1) is 23.5 Å². The number of carbonyl (C=O) groups excluding carboxylic acids is 1. The van der Waals surface area contributed by atoms with E-state index in [1.807, 2.05) is 50.2 Å². The Morgan fingerprint density at radius 1 is 1.00 bits per heavy atom. The molecule has 0 aliphatic rings. The van der Waals surface area contributed by atoms with Gasteiger partial charge < -0.3 is 20.3 Å². The minimum absolute atomic E-state index is 0. The van der Waals surface area contributed by atoms with Crippen LogP contribution in [0.15, 0.2) is 66.7 Å². The minimum Gasteiger partial charge on any atom is -0.490 e. The van der Waals surface area contributed by atoms with Crippen molar-refractivity contribution >= 4 is 39.9 Å². The van der Waals surface area contributed by atoms with Crippen molar-refractivity contribution in [1.29, 1.82) is 0 Å². The van der Waals surface area contributed by atoms with Crippen molar-refractivity contribution in [3.63, 3.8) is 0 Å². The van der Waals surface area contributed by atoms with Crippen LogP contribution < -0.4 is 14.8 Å². The molecule has 3 rings (SSSR count). The third kappa shape index (κ3) is 11.3. The van der Waals surface area contributed by atoms with Crippen LogP contribution in [0.3, 0.4) is 0 Å². The number of amides is 1.